The topological polar surface area (TPSA) is 76.2 Å². The van der Waals surface area contributed by atoms with Crippen LogP contribution in [0.2, 0.25) is 0 Å². The number of likely N-dealkylation sites (N-methyl/N-ethyl adjacent to an activating group) is 1. The largest absolute Gasteiger partial charge is 0.311 e. The minimum absolute atomic E-state index is 0.0825. The summed E-state index contributed by atoms with van der Waals surface area (Å²) in [6, 6.07) is 11.1. The zero-order valence-electron chi connectivity index (χ0n) is 15.6. The van der Waals surface area contributed by atoms with Crippen molar-refractivity contribution in [2.75, 3.05) is 20.6 Å². The summed E-state index contributed by atoms with van der Waals surface area (Å²) in [6.07, 6.45) is 1.99. The van der Waals surface area contributed by atoms with Gasteiger partial charge in [0.1, 0.15) is 0 Å². The van der Waals surface area contributed by atoms with Gasteiger partial charge in [0, 0.05) is 54.5 Å². The number of aryl methyl sites for hydroxylation is 1. The number of nitro groups is 1. The molecule has 1 unspecified atom stereocenters. The third-order valence-electron chi connectivity index (χ3n) is 4.40. The lowest BCUT2D eigenvalue weighted by atomic mass is 10.1. The molecule has 3 aromatic rings. The standard InChI is InChI=1S/C19H23N5O2S/c1-22(2)17(18-5-4-10-27-18)12-20-11-15-13-23(3)21-19(15)14-6-8-16(9-7-14)24(25)26/h4-10,13,17,20H,11-12H2,1-3H3. The van der Waals surface area contributed by atoms with Gasteiger partial charge < -0.3 is 10.2 Å². The number of thiophene rings is 1. The lowest BCUT2D eigenvalue weighted by molar-refractivity contribution is -0.384. The van der Waals surface area contributed by atoms with Crippen molar-refractivity contribution in [3.05, 3.63) is 68.5 Å². The van der Waals surface area contributed by atoms with E-state index in [2.05, 4.69) is 46.9 Å². The number of non-ortho nitro benzene ring substituents is 1. The molecule has 2 heterocycles. The molecule has 0 amide bonds. The van der Waals surface area contributed by atoms with Crippen molar-refractivity contribution >= 4 is 17.0 Å². The molecule has 0 saturated carbocycles. The smallest absolute Gasteiger partial charge is 0.269 e. The van der Waals surface area contributed by atoms with Gasteiger partial charge in [-0.15, -0.1) is 11.3 Å². The second-order valence-electron chi connectivity index (χ2n) is 6.61. The van der Waals surface area contributed by atoms with E-state index in [9.17, 15) is 10.1 Å². The van der Waals surface area contributed by atoms with Gasteiger partial charge in [0.15, 0.2) is 0 Å². The molecule has 0 aliphatic rings. The average Bonchev–Trinajstić information content (AvgIpc) is 3.28. The van der Waals surface area contributed by atoms with Crippen molar-refractivity contribution in [2.45, 2.75) is 12.6 Å². The molecule has 2 aromatic heterocycles. The van der Waals surface area contributed by atoms with Crippen LogP contribution in [0.5, 0.6) is 0 Å². The molecule has 7 nitrogen and oxygen atoms in total. The Morgan fingerprint density at radius 1 is 1.30 bits per heavy atom. The molecule has 0 radical (unpaired) electrons. The highest BCUT2D eigenvalue weighted by molar-refractivity contribution is 7.10. The van der Waals surface area contributed by atoms with Gasteiger partial charge >= 0.3 is 0 Å². The van der Waals surface area contributed by atoms with Gasteiger partial charge in [-0.1, -0.05) is 6.07 Å². The van der Waals surface area contributed by atoms with Gasteiger partial charge in [-0.05, 0) is 37.7 Å². The number of nitro benzene ring substituents is 1. The maximum absolute atomic E-state index is 10.9. The molecule has 0 aliphatic carbocycles. The van der Waals surface area contributed by atoms with Crippen LogP contribution in [0.25, 0.3) is 11.3 Å². The Labute approximate surface area is 162 Å². The normalized spacial score (nSPS) is 12.4. The van der Waals surface area contributed by atoms with Crippen LogP contribution in [0.1, 0.15) is 16.5 Å². The number of nitrogens with zero attached hydrogens (tertiary/aromatic N) is 4. The van der Waals surface area contributed by atoms with E-state index in [1.807, 2.05) is 13.2 Å². The highest BCUT2D eigenvalue weighted by Gasteiger charge is 2.16. The van der Waals surface area contributed by atoms with E-state index < -0.39 is 4.92 Å². The summed E-state index contributed by atoms with van der Waals surface area (Å²) in [4.78, 5) is 14.0. The summed E-state index contributed by atoms with van der Waals surface area (Å²) >= 11 is 1.76. The Bertz CT molecular complexity index is 887. The van der Waals surface area contributed by atoms with Crippen LogP contribution >= 0.6 is 11.3 Å². The van der Waals surface area contributed by atoms with Gasteiger partial charge in [0.25, 0.3) is 5.69 Å². The van der Waals surface area contributed by atoms with Gasteiger partial charge in [-0.25, -0.2) is 0 Å². The van der Waals surface area contributed by atoms with Crippen LogP contribution in [0.4, 0.5) is 5.69 Å². The Morgan fingerprint density at radius 2 is 2.04 bits per heavy atom. The molecular formula is C19H23N5O2S. The Hall–Kier alpha value is -2.55. The highest BCUT2D eigenvalue weighted by Crippen LogP contribution is 2.25. The van der Waals surface area contributed by atoms with Gasteiger partial charge in [-0.3, -0.25) is 14.8 Å². The van der Waals surface area contributed by atoms with Crippen molar-refractivity contribution in [1.82, 2.24) is 20.0 Å². The molecule has 142 valence electrons. The van der Waals surface area contributed by atoms with E-state index in [1.54, 1.807) is 28.2 Å². The fourth-order valence-corrected chi connectivity index (χ4v) is 3.94. The first-order valence-corrected chi connectivity index (χ1v) is 9.51. The Balaban J connectivity index is 1.71. The van der Waals surface area contributed by atoms with E-state index in [0.717, 1.165) is 23.4 Å². The monoisotopic (exact) mass is 385 g/mol. The predicted molar refractivity (Wildman–Crippen MR) is 108 cm³/mol. The van der Waals surface area contributed by atoms with Gasteiger partial charge in [-0.2, -0.15) is 5.10 Å². The molecule has 1 N–H and O–H groups in total. The fourth-order valence-electron chi connectivity index (χ4n) is 3.01. The number of nitrogens with one attached hydrogen (secondary N) is 1. The van der Waals surface area contributed by atoms with Gasteiger partial charge in [0.05, 0.1) is 16.7 Å². The van der Waals surface area contributed by atoms with Crippen LogP contribution < -0.4 is 5.32 Å². The summed E-state index contributed by atoms with van der Waals surface area (Å²) in [5.74, 6) is 0. The molecule has 0 saturated heterocycles. The van der Waals surface area contributed by atoms with Crippen molar-refractivity contribution in [3.63, 3.8) is 0 Å². The maximum atomic E-state index is 10.9. The molecule has 0 fully saturated rings. The number of hydrogen-bond donors (Lipinski definition) is 1. The van der Waals surface area contributed by atoms with E-state index >= 15 is 0 Å². The SMILES string of the molecule is CN(C)C(CNCc1cn(C)nc1-c1ccc([N+](=O)[O-])cc1)c1cccs1. The number of rotatable bonds is 8. The lowest BCUT2D eigenvalue weighted by Gasteiger charge is -2.23. The van der Waals surface area contributed by atoms with Crippen LogP contribution in [0.15, 0.2) is 48.0 Å². The number of aromatic nitrogens is 2. The summed E-state index contributed by atoms with van der Waals surface area (Å²) in [7, 11) is 6.05. The van der Waals surface area contributed by atoms with Crippen LogP contribution in [-0.2, 0) is 13.6 Å². The average molecular weight is 385 g/mol. The summed E-state index contributed by atoms with van der Waals surface area (Å²) in [5.41, 5.74) is 2.87. The van der Waals surface area contributed by atoms with Crippen molar-refractivity contribution in [3.8, 4) is 11.3 Å². The van der Waals surface area contributed by atoms with Crippen LogP contribution in [0, 0.1) is 10.1 Å². The second-order valence-corrected chi connectivity index (χ2v) is 7.59. The summed E-state index contributed by atoms with van der Waals surface area (Å²) in [6.45, 7) is 1.50. The zero-order chi connectivity index (χ0) is 19.4. The molecule has 0 bridgehead atoms. The molecule has 0 aliphatic heterocycles. The van der Waals surface area contributed by atoms with E-state index in [-0.39, 0.29) is 5.69 Å². The summed E-state index contributed by atoms with van der Waals surface area (Å²) < 4.78 is 1.77. The minimum Gasteiger partial charge on any atom is -0.311 e. The fraction of sp³-hybridized carbons (Fsp3) is 0.316. The third-order valence-corrected chi connectivity index (χ3v) is 5.38. The summed E-state index contributed by atoms with van der Waals surface area (Å²) in [5, 5.41) is 21.0. The lowest BCUT2D eigenvalue weighted by Crippen LogP contribution is -2.30. The molecule has 8 heteroatoms. The van der Waals surface area contributed by atoms with Crippen molar-refractivity contribution in [2.24, 2.45) is 7.05 Å². The molecular weight excluding hydrogens is 362 g/mol. The van der Waals surface area contributed by atoms with E-state index in [1.165, 1.54) is 17.0 Å². The quantitative estimate of drug-likeness (QED) is 0.475. The van der Waals surface area contributed by atoms with Gasteiger partial charge in [0.2, 0.25) is 0 Å². The second kappa shape index (κ2) is 8.43. The van der Waals surface area contributed by atoms with Crippen LogP contribution in [0.3, 0.4) is 0 Å². The van der Waals surface area contributed by atoms with Crippen molar-refractivity contribution in [1.29, 1.82) is 0 Å². The van der Waals surface area contributed by atoms with E-state index in [0.29, 0.717) is 12.6 Å². The first kappa shape index (κ1) is 19.2. The van der Waals surface area contributed by atoms with Crippen molar-refractivity contribution < 1.29 is 4.92 Å². The Kier molecular flexibility index (Phi) is 6.00. The molecule has 0 spiro atoms. The molecule has 27 heavy (non-hydrogen) atoms. The maximum Gasteiger partial charge on any atom is 0.269 e. The predicted octanol–water partition coefficient (Wildman–Crippen LogP) is 3.45. The molecule has 3 rings (SSSR count). The van der Waals surface area contributed by atoms with E-state index in [4.69, 9.17) is 0 Å². The first-order chi connectivity index (χ1) is 13.0. The molecule has 1 atom stereocenters. The van der Waals surface area contributed by atoms with Crippen LogP contribution in [-0.4, -0.2) is 40.2 Å². The highest BCUT2D eigenvalue weighted by atomic mass is 32.1. The molecule has 1 aromatic carbocycles. The number of benzene rings is 1. The number of hydrogen-bond acceptors (Lipinski definition) is 6. The third kappa shape index (κ3) is 4.60. The first-order valence-electron chi connectivity index (χ1n) is 8.63. The zero-order valence-corrected chi connectivity index (χ0v) is 16.4. The Morgan fingerprint density at radius 3 is 2.63 bits per heavy atom. The minimum atomic E-state index is -0.392.